The second kappa shape index (κ2) is 4.70. The first-order chi connectivity index (χ1) is 8.66. The summed E-state index contributed by atoms with van der Waals surface area (Å²) in [7, 11) is 0. The fourth-order valence-corrected chi connectivity index (χ4v) is 3.94. The summed E-state index contributed by atoms with van der Waals surface area (Å²) in [6.45, 7) is 4.49. The van der Waals surface area contributed by atoms with Crippen LogP contribution in [-0.4, -0.2) is 5.11 Å². The Bertz CT molecular complexity index is 413. The average molecular weight is 244 g/mol. The molecule has 0 spiro atoms. The van der Waals surface area contributed by atoms with E-state index in [0.717, 1.165) is 23.8 Å². The number of aliphatic hydroxyl groups is 1. The molecule has 1 heteroatoms. The van der Waals surface area contributed by atoms with Crippen LogP contribution in [0.2, 0.25) is 0 Å². The molecule has 1 aromatic carbocycles. The highest BCUT2D eigenvalue weighted by Crippen LogP contribution is 2.62. The minimum Gasteiger partial charge on any atom is -0.388 e. The van der Waals surface area contributed by atoms with E-state index in [1.54, 1.807) is 0 Å². The van der Waals surface area contributed by atoms with Gasteiger partial charge in [-0.25, -0.2) is 0 Å². The van der Waals surface area contributed by atoms with Crippen molar-refractivity contribution in [2.45, 2.75) is 45.6 Å². The zero-order valence-corrected chi connectivity index (χ0v) is 11.5. The van der Waals surface area contributed by atoms with Crippen LogP contribution in [0.1, 0.15) is 50.3 Å². The number of benzene rings is 1. The topological polar surface area (TPSA) is 20.2 Å². The van der Waals surface area contributed by atoms with Gasteiger partial charge >= 0.3 is 0 Å². The molecular formula is C17H24O. The largest absolute Gasteiger partial charge is 0.388 e. The summed E-state index contributed by atoms with van der Waals surface area (Å²) in [6.07, 6.45) is 4.97. The summed E-state index contributed by atoms with van der Waals surface area (Å²) in [5.74, 6) is 2.90. The van der Waals surface area contributed by atoms with Crippen LogP contribution in [0.4, 0.5) is 0 Å². The van der Waals surface area contributed by atoms with Crippen molar-refractivity contribution in [3.05, 3.63) is 35.4 Å². The maximum absolute atomic E-state index is 10.5. The lowest BCUT2D eigenvalue weighted by Crippen LogP contribution is -2.05. The molecule has 0 saturated heterocycles. The van der Waals surface area contributed by atoms with Crippen LogP contribution in [0.5, 0.6) is 0 Å². The SMILES string of the molecule is CC(C)Cc1cccc(C(O)C2C3CCCC32)c1. The quantitative estimate of drug-likeness (QED) is 0.850. The van der Waals surface area contributed by atoms with Crippen molar-refractivity contribution in [3.63, 3.8) is 0 Å². The van der Waals surface area contributed by atoms with E-state index in [4.69, 9.17) is 0 Å². The smallest absolute Gasteiger partial charge is 0.0823 e. The summed E-state index contributed by atoms with van der Waals surface area (Å²) in [5, 5.41) is 10.5. The van der Waals surface area contributed by atoms with Gasteiger partial charge in [0.15, 0.2) is 0 Å². The van der Waals surface area contributed by atoms with Gasteiger partial charge in [-0.2, -0.15) is 0 Å². The lowest BCUT2D eigenvalue weighted by atomic mass is 9.95. The summed E-state index contributed by atoms with van der Waals surface area (Å²) in [6, 6.07) is 8.61. The second-order valence-electron chi connectivity index (χ2n) is 6.62. The van der Waals surface area contributed by atoms with Gasteiger partial charge in [0, 0.05) is 0 Å². The van der Waals surface area contributed by atoms with Gasteiger partial charge in [0.25, 0.3) is 0 Å². The van der Waals surface area contributed by atoms with Crippen molar-refractivity contribution >= 4 is 0 Å². The Morgan fingerprint density at radius 1 is 1.22 bits per heavy atom. The van der Waals surface area contributed by atoms with Crippen LogP contribution in [0.15, 0.2) is 24.3 Å². The van der Waals surface area contributed by atoms with Gasteiger partial charge in [0.05, 0.1) is 6.10 Å². The van der Waals surface area contributed by atoms with E-state index < -0.39 is 0 Å². The second-order valence-corrected chi connectivity index (χ2v) is 6.62. The minimum atomic E-state index is -0.215. The van der Waals surface area contributed by atoms with E-state index in [2.05, 4.69) is 38.1 Å². The normalized spacial score (nSPS) is 31.4. The Morgan fingerprint density at radius 2 is 1.94 bits per heavy atom. The van der Waals surface area contributed by atoms with Crippen molar-refractivity contribution < 1.29 is 5.11 Å². The molecule has 0 aromatic heterocycles. The zero-order valence-electron chi connectivity index (χ0n) is 11.5. The van der Waals surface area contributed by atoms with E-state index in [9.17, 15) is 5.11 Å². The minimum absolute atomic E-state index is 0.215. The Hall–Kier alpha value is -0.820. The van der Waals surface area contributed by atoms with Crippen molar-refractivity contribution in [2.24, 2.45) is 23.7 Å². The van der Waals surface area contributed by atoms with Gasteiger partial charge in [0.2, 0.25) is 0 Å². The molecule has 1 nitrogen and oxygen atoms in total. The third-order valence-electron chi connectivity index (χ3n) is 4.77. The lowest BCUT2D eigenvalue weighted by molar-refractivity contribution is 0.137. The first-order valence-electron chi connectivity index (χ1n) is 7.43. The fraction of sp³-hybridized carbons (Fsp3) is 0.647. The number of hydrogen-bond acceptors (Lipinski definition) is 1. The molecule has 2 aliphatic rings. The van der Waals surface area contributed by atoms with Crippen LogP contribution in [-0.2, 0) is 6.42 Å². The van der Waals surface area contributed by atoms with Crippen molar-refractivity contribution in [3.8, 4) is 0 Å². The van der Waals surface area contributed by atoms with Gasteiger partial charge in [-0.3, -0.25) is 0 Å². The molecule has 0 amide bonds. The summed E-state index contributed by atoms with van der Waals surface area (Å²) < 4.78 is 0. The molecule has 0 radical (unpaired) electrons. The number of rotatable bonds is 4. The average Bonchev–Trinajstić information content (AvgIpc) is 2.80. The lowest BCUT2D eigenvalue weighted by Gasteiger charge is -2.15. The molecule has 3 rings (SSSR count). The van der Waals surface area contributed by atoms with E-state index in [-0.39, 0.29) is 6.10 Å². The number of hydrogen-bond donors (Lipinski definition) is 1. The summed E-state index contributed by atoms with van der Waals surface area (Å²) in [4.78, 5) is 0. The van der Waals surface area contributed by atoms with E-state index in [0.29, 0.717) is 11.8 Å². The molecule has 2 fully saturated rings. The van der Waals surface area contributed by atoms with Crippen LogP contribution < -0.4 is 0 Å². The third-order valence-corrected chi connectivity index (χ3v) is 4.77. The van der Waals surface area contributed by atoms with E-state index >= 15 is 0 Å². The van der Waals surface area contributed by atoms with E-state index in [1.807, 2.05) is 0 Å². The first-order valence-corrected chi connectivity index (χ1v) is 7.43. The van der Waals surface area contributed by atoms with Gasteiger partial charge in [-0.05, 0) is 54.1 Å². The third kappa shape index (κ3) is 2.21. The Morgan fingerprint density at radius 3 is 2.61 bits per heavy atom. The molecule has 1 aromatic rings. The molecule has 18 heavy (non-hydrogen) atoms. The maximum Gasteiger partial charge on any atom is 0.0823 e. The summed E-state index contributed by atoms with van der Waals surface area (Å²) >= 11 is 0. The fourth-order valence-electron chi connectivity index (χ4n) is 3.94. The predicted octanol–water partition coefficient (Wildman–Crippen LogP) is 3.96. The van der Waals surface area contributed by atoms with Gasteiger partial charge in [-0.1, -0.05) is 44.5 Å². The molecule has 2 aliphatic carbocycles. The first kappa shape index (κ1) is 12.2. The molecule has 0 bridgehead atoms. The highest BCUT2D eigenvalue weighted by atomic mass is 16.3. The number of aliphatic hydroxyl groups excluding tert-OH is 1. The molecule has 0 aliphatic heterocycles. The highest BCUT2D eigenvalue weighted by Gasteiger charge is 2.55. The Balaban J connectivity index is 1.72. The van der Waals surface area contributed by atoms with Crippen LogP contribution in [0, 0.1) is 23.7 Å². The molecular weight excluding hydrogens is 220 g/mol. The van der Waals surface area contributed by atoms with Crippen molar-refractivity contribution in [2.75, 3.05) is 0 Å². The molecule has 1 N–H and O–H groups in total. The molecule has 3 atom stereocenters. The predicted molar refractivity (Wildman–Crippen MR) is 74.3 cm³/mol. The molecule has 3 unspecified atom stereocenters. The van der Waals surface area contributed by atoms with Gasteiger partial charge in [0.1, 0.15) is 0 Å². The van der Waals surface area contributed by atoms with Crippen molar-refractivity contribution in [1.29, 1.82) is 0 Å². The molecule has 2 saturated carbocycles. The van der Waals surface area contributed by atoms with E-state index in [1.165, 1.54) is 24.8 Å². The standard InChI is InChI=1S/C17H24O/c1-11(2)9-12-5-3-6-13(10-12)17(18)16-14-7-4-8-15(14)16/h3,5-6,10-11,14-18H,4,7-9H2,1-2H3. The van der Waals surface area contributed by atoms with Crippen LogP contribution in [0.3, 0.4) is 0 Å². The van der Waals surface area contributed by atoms with Crippen LogP contribution >= 0.6 is 0 Å². The van der Waals surface area contributed by atoms with Gasteiger partial charge < -0.3 is 5.11 Å². The van der Waals surface area contributed by atoms with Gasteiger partial charge in [-0.15, -0.1) is 0 Å². The molecule has 0 heterocycles. The molecule has 98 valence electrons. The zero-order chi connectivity index (χ0) is 12.7. The Kier molecular flexibility index (Phi) is 3.19. The highest BCUT2D eigenvalue weighted by molar-refractivity contribution is 5.27. The van der Waals surface area contributed by atoms with Crippen molar-refractivity contribution in [1.82, 2.24) is 0 Å². The number of fused-ring (bicyclic) bond motifs is 1. The van der Waals surface area contributed by atoms with Crippen LogP contribution in [0.25, 0.3) is 0 Å². The monoisotopic (exact) mass is 244 g/mol. The summed E-state index contributed by atoms with van der Waals surface area (Å²) in [5.41, 5.74) is 2.51. The maximum atomic E-state index is 10.5. The Labute approximate surface area is 110 Å².